The molecule has 2 aromatic rings. The average Bonchev–Trinajstić information content (AvgIpc) is 3.45. The van der Waals surface area contributed by atoms with Crippen molar-refractivity contribution in [2.75, 3.05) is 18.4 Å². The Morgan fingerprint density at radius 1 is 1.05 bits per heavy atom. The number of likely N-dealkylation sites (tertiary alicyclic amines) is 1. The summed E-state index contributed by atoms with van der Waals surface area (Å²) in [5, 5.41) is 10.0. The van der Waals surface area contributed by atoms with Gasteiger partial charge in [0.25, 0.3) is 11.8 Å². The molecule has 8 rings (SSSR count). The Hall–Kier alpha value is -4.02. The monoisotopic (exact) mass is 530 g/mol. The number of fused-ring (bicyclic) bond motifs is 1. The number of anilines is 1. The Balaban J connectivity index is 0.992. The van der Waals surface area contributed by atoms with Crippen LogP contribution in [0.2, 0.25) is 0 Å². The molecule has 1 atom stereocenters. The van der Waals surface area contributed by atoms with Gasteiger partial charge < -0.3 is 10.2 Å². The third kappa shape index (κ3) is 3.77. The predicted molar refractivity (Wildman–Crippen MR) is 137 cm³/mol. The summed E-state index contributed by atoms with van der Waals surface area (Å²) in [5.74, 6) is -0.948. The number of carbonyl (C=O) groups is 5. The lowest BCUT2D eigenvalue weighted by Gasteiger charge is -2.61. The van der Waals surface area contributed by atoms with Gasteiger partial charge >= 0.3 is 0 Å². The zero-order valence-electron chi connectivity index (χ0n) is 21.5. The minimum atomic E-state index is -0.998. The highest BCUT2D eigenvalue weighted by molar-refractivity contribution is 6.25. The lowest BCUT2D eigenvalue weighted by molar-refractivity contribution is -0.178. The van der Waals surface area contributed by atoms with Crippen LogP contribution in [0.3, 0.4) is 0 Å². The number of nitrogens with one attached hydrogen (secondary N) is 2. The van der Waals surface area contributed by atoms with Crippen LogP contribution in [0.5, 0.6) is 0 Å². The van der Waals surface area contributed by atoms with Crippen molar-refractivity contribution in [2.24, 2.45) is 11.3 Å². The second-order valence-corrected chi connectivity index (χ2v) is 11.6. The molecule has 1 unspecified atom stereocenters. The Labute approximate surface area is 224 Å². The van der Waals surface area contributed by atoms with E-state index in [-0.39, 0.29) is 35.4 Å². The molecular formula is C28H30N6O5. The molecule has 1 aromatic heterocycles. The summed E-state index contributed by atoms with van der Waals surface area (Å²) < 4.78 is 1.97. The minimum Gasteiger partial charge on any atom is -0.380 e. The fourth-order valence-corrected chi connectivity index (χ4v) is 6.94. The first-order valence-electron chi connectivity index (χ1n) is 13.7. The Morgan fingerprint density at radius 2 is 1.82 bits per heavy atom. The molecule has 5 fully saturated rings. The fourth-order valence-electron chi connectivity index (χ4n) is 6.94. The maximum atomic E-state index is 13.3. The molecule has 2 saturated heterocycles. The van der Waals surface area contributed by atoms with Gasteiger partial charge in [-0.15, -0.1) is 0 Å². The topological polar surface area (TPSA) is 134 Å². The third-order valence-corrected chi connectivity index (χ3v) is 9.22. The highest BCUT2D eigenvalue weighted by Gasteiger charge is 2.62. The summed E-state index contributed by atoms with van der Waals surface area (Å²) in [5.41, 5.74) is 1.89. The van der Waals surface area contributed by atoms with Crippen LogP contribution in [-0.2, 0) is 20.9 Å². The second kappa shape index (κ2) is 8.75. The van der Waals surface area contributed by atoms with E-state index in [9.17, 15) is 24.0 Å². The number of amides is 5. The summed E-state index contributed by atoms with van der Waals surface area (Å²) in [6.07, 6.45) is 8.97. The molecule has 2 N–H and O–H groups in total. The number of aromatic nitrogens is 2. The van der Waals surface area contributed by atoms with Crippen LogP contribution in [0.25, 0.3) is 0 Å². The van der Waals surface area contributed by atoms with Crippen LogP contribution in [-0.4, -0.2) is 68.2 Å². The van der Waals surface area contributed by atoms with Crippen LogP contribution >= 0.6 is 0 Å². The molecule has 202 valence electrons. The molecule has 3 saturated carbocycles. The Kier molecular flexibility index (Phi) is 5.40. The number of carbonyl (C=O) groups excluding carboxylic acids is 5. The normalized spacial score (nSPS) is 28.1. The largest absolute Gasteiger partial charge is 0.380 e. The summed E-state index contributed by atoms with van der Waals surface area (Å²) in [6.45, 7) is 1.93. The summed E-state index contributed by atoms with van der Waals surface area (Å²) >= 11 is 0. The number of nitrogens with zero attached hydrogens (tertiary/aromatic N) is 4. The van der Waals surface area contributed by atoms with Crippen molar-refractivity contribution in [3.8, 4) is 0 Å². The van der Waals surface area contributed by atoms with E-state index in [2.05, 4.69) is 15.7 Å². The van der Waals surface area contributed by atoms with Crippen molar-refractivity contribution in [2.45, 2.75) is 63.6 Å². The zero-order chi connectivity index (χ0) is 26.9. The van der Waals surface area contributed by atoms with Crippen molar-refractivity contribution < 1.29 is 24.0 Å². The molecule has 4 heterocycles. The van der Waals surface area contributed by atoms with E-state index in [1.807, 2.05) is 15.8 Å². The molecule has 1 aromatic carbocycles. The molecule has 3 aliphatic heterocycles. The standard InChI is InChI=1S/C28H30N6O5/c35-22-5-4-21(24(36)31-22)34-25(37)19-2-1-3-20(23(19)26(34)38)29-13-17-14-30-33(15-17)18-6-8-32(9-7-18)27(39)28-10-16(11-28)12-28/h1-3,14-16,18,21,29H,4-13H2,(H,31,35,36). The Morgan fingerprint density at radius 3 is 2.51 bits per heavy atom. The third-order valence-electron chi connectivity index (χ3n) is 9.22. The van der Waals surface area contributed by atoms with Gasteiger partial charge in [-0.3, -0.25) is 38.9 Å². The molecule has 5 amide bonds. The predicted octanol–water partition coefficient (Wildman–Crippen LogP) is 1.86. The van der Waals surface area contributed by atoms with Crippen LogP contribution in [0.4, 0.5) is 5.69 Å². The van der Waals surface area contributed by atoms with Gasteiger partial charge in [-0.2, -0.15) is 5.10 Å². The number of rotatable bonds is 6. The van der Waals surface area contributed by atoms with E-state index in [0.29, 0.717) is 18.1 Å². The molecular weight excluding hydrogens is 500 g/mol. The molecule has 6 aliphatic rings. The molecule has 11 nitrogen and oxygen atoms in total. The van der Waals surface area contributed by atoms with Crippen molar-refractivity contribution in [1.82, 2.24) is 24.9 Å². The quantitative estimate of drug-likeness (QED) is 0.545. The van der Waals surface area contributed by atoms with Crippen molar-refractivity contribution >= 4 is 35.2 Å². The highest BCUT2D eigenvalue weighted by atomic mass is 16.2. The van der Waals surface area contributed by atoms with Gasteiger partial charge in [-0.25, -0.2) is 0 Å². The molecule has 0 spiro atoms. The average molecular weight is 531 g/mol. The van der Waals surface area contributed by atoms with Gasteiger partial charge in [0.1, 0.15) is 6.04 Å². The number of hydrogen-bond acceptors (Lipinski definition) is 7. The zero-order valence-corrected chi connectivity index (χ0v) is 21.5. The first-order chi connectivity index (χ1) is 18.8. The molecule has 3 aliphatic carbocycles. The van der Waals surface area contributed by atoms with Gasteiger partial charge in [0.2, 0.25) is 17.7 Å². The maximum absolute atomic E-state index is 13.3. The Bertz CT molecular complexity index is 1410. The summed E-state index contributed by atoms with van der Waals surface area (Å²) in [4.78, 5) is 66.1. The first-order valence-corrected chi connectivity index (χ1v) is 13.7. The smallest absolute Gasteiger partial charge is 0.264 e. The van der Waals surface area contributed by atoms with Gasteiger partial charge in [0.05, 0.1) is 28.8 Å². The molecule has 2 bridgehead atoms. The minimum absolute atomic E-state index is 0.0233. The van der Waals surface area contributed by atoms with E-state index in [4.69, 9.17) is 0 Å². The van der Waals surface area contributed by atoms with E-state index in [1.165, 1.54) is 0 Å². The van der Waals surface area contributed by atoms with E-state index < -0.39 is 29.7 Å². The van der Waals surface area contributed by atoms with Crippen LogP contribution in [0.1, 0.15) is 77.3 Å². The SMILES string of the molecule is O=C1CCC(N2C(=O)c3cccc(NCc4cnn(C5CCN(C(=O)C67CC(C6)C7)CC5)c4)c3C2=O)C(=O)N1. The van der Waals surface area contributed by atoms with Gasteiger partial charge in [-0.1, -0.05) is 6.07 Å². The number of imide groups is 2. The van der Waals surface area contributed by atoms with Crippen LogP contribution in [0.15, 0.2) is 30.6 Å². The number of benzene rings is 1. The van der Waals surface area contributed by atoms with Crippen LogP contribution < -0.4 is 10.6 Å². The second-order valence-electron chi connectivity index (χ2n) is 11.6. The lowest BCUT2D eigenvalue weighted by atomic mass is 9.44. The molecule has 39 heavy (non-hydrogen) atoms. The van der Waals surface area contributed by atoms with Crippen molar-refractivity contribution in [1.29, 1.82) is 0 Å². The van der Waals surface area contributed by atoms with E-state index in [1.54, 1.807) is 24.4 Å². The van der Waals surface area contributed by atoms with Crippen molar-refractivity contribution in [3.63, 3.8) is 0 Å². The first kappa shape index (κ1) is 24.1. The van der Waals surface area contributed by atoms with Crippen molar-refractivity contribution in [3.05, 3.63) is 47.3 Å². The summed E-state index contributed by atoms with van der Waals surface area (Å²) in [7, 11) is 0. The van der Waals surface area contributed by atoms with Gasteiger partial charge in [0.15, 0.2) is 0 Å². The van der Waals surface area contributed by atoms with Gasteiger partial charge in [-0.05, 0) is 56.6 Å². The summed E-state index contributed by atoms with van der Waals surface area (Å²) in [6, 6.07) is 4.25. The van der Waals surface area contributed by atoms with E-state index >= 15 is 0 Å². The number of hydrogen-bond donors (Lipinski definition) is 2. The van der Waals surface area contributed by atoms with Gasteiger partial charge in [0, 0.05) is 43.5 Å². The maximum Gasteiger partial charge on any atom is 0.264 e. The highest BCUT2D eigenvalue weighted by Crippen LogP contribution is 2.65. The fraction of sp³-hybridized carbons (Fsp3) is 0.500. The molecule has 0 radical (unpaired) electrons. The van der Waals surface area contributed by atoms with Crippen LogP contribution in [0, 0.1) is 11.3 Å². The van der Waals surface area contributed by atoms with E-state index in [0.717, 1.165) is 61.6 Å². The lowest BCUT2D eigenvalue weighted by Crippen LogP contribution is -2.61. The number of piperidine rings is 2. The molecule has 11 heteroatoms.